The number of rotatable bonds is 2. The van der Waals surface area contributed by atoms with E-state index in [0.717, 1.165) is 6.42 Å². The van der Waals surface area contributed by atoms with Crippen molar-refractivity contribution in [2.24, 2.45) is 0 Å². The smallest absolute Gasteiger partial charge is 0.252 e. The molecule has 0 bridgehead atoms. The van der Waals surface area contributed by atoms with Crippen LogP contribution < -0.4 is 26.2 Å². The van der Waals surface area contributed by atoms with Crippen LogP contribution in [0.15, 0.2) is 66.7 Å². The van der Waals surface area contributed by atoms with Gasteiger partial charge in [0.1, 0.15) is 0 Å². The van der Waals surface area contributed by atoms with Gasteiger partial charge in [-0.3, -0.25) is 0 Å². The fourth-order valence-corrected chi connectivity index (χ4v) is 13.8. The van der Waals surface area contributed by atoms with Crippen LogP contribution in [-0.4, -0.2) is 6.71 Å². The first-order chi connectivity index (χ1) is 30.3. The number of fused-ring (bicyclic) bond motifs is 7. The molecule has 5 aromatic rings. The molecule has 0 saturated carbocycles. The van der Waals surface area contributed by atoms with Crippen molar-refractivity contribution < 1.29 is 0 Å². The van der Waals surface area contributed by atoms with Crippen LogP contribution in [0.25, 0.3) is 0 Å². The van der Waals surface area contributed by atoms with Gasteiger partial charge in [0.25, 0.3) is 6.71 Å². The summed E-state index contributed by atoms with van der Waals surface area (Å²) >= 11 is 0. The molecule has 0 saturated heterocycles. The van der Waals surface area contributed by atoms with E-state index in [-0.39, 0.29) is 50.0 Å². The molecule has 346 valence electrons. The summed E-state index contributed by atoms with van der Waals surface area (Å²) in [6, 6.07) is 28.6. The number of nitrogens with zero attached hydrogens (tertiary/aromatic N) is 2. The Morgan fingerprint density at radius 3 is 1.20 bits per heavy atom. The van der Waals surface area contributed by atoms with Gasteiger partial charge in [0.05, 0.1) is 0 Å². The lowest BCUT2D eigenvalue weighted by molar-refractivity contribution is 0.332. The standard InChI is InChI=1S/C63H81BN2/c1-37-27-41-44(60(13,14)25-23-58(41,9)10)33-50(37)65-49-22-21-39(56(3,4)5)29-47(49)64-48-32-43-45(61(15,16)26-24-59(43,11)12)35-52(48)66(54-31-40(57(6,7)8)30-53(65)55(54)64)51-34-46-42(28-38(51)2)62(17,18)36-63(46,19)20/h21-22,27-35H,23-26,36H2,1-20H3. The minimum absolute atomic E-state index is 0.0100. The zero-order chi connectivity index (χ0) is 48.0. The van der Waals surface area contributed by atoms with Crippen molar-refractivity contribution in [2.75, 3.05) is 9.80 Å². The molecule has 0 fully saturated rings. The van der Waals surface area contributed by atoms with Crippen LogP contribution in [0, 0.1) is 13.8 Å². The van der Waals surface area contributed by atoms with E-state index >= 15 is 0 Å². The Labute approximate surface area is 401 Å². The first-order valence-electron chi connectivity index (χ1n) is 25.7. The Balaban J connectivity index is 1.38. The first-order valence-corrected chi connectivity index (χ1v) is 25.7. The van der Waals surface area contributed by atoms with Crippen molar-refractivity contribution in [2.45, 2.75) is 214 Å². The summed E-state index contributed by atoms with van der Waals surface area (Å²) in [5.74, 6) is 0. The normalized spacial score (nSPS) is 21.1. The topological polar surface area (TPSA) is 6.48 Å². The fourth-order valence-electron chi connectivity index (χ4n) is 13.8. The lowest BCUT2D eigenvalue weighted by atomic mass is 9.32. The van der Waals surface area contributed by atoms with Gasteiger partial charge in [-0.25, -0.2) is 0 Å². The maximum Gasteiger partial charge on any atom is 0.252 e. The van der Waals surface area contributed by atoms with Crippen molar-refractivity contribution in [3.8, 4) is 0 Å². The highest BCUT2D eigenvalue weighted by atomic mass is 15.2. The van der Waals surface area contributed by atoms with E-state index in [1.807, 2.05) is 0 Å². The summed E-state index contributed by atoms with van der Waals surface area (Å²) in [5, 5.41) is 0. The number of benzene rings is 5. The molecule has 10 rings (SSSR count). The molecule has 3 aliphatic carbocycles. The predicted octanol–water partition coefficient (Wildman–Crippen LogP) is 15.6. The van der Waals surface area contributed by atoms with Crippen LogP contribution in [0.5, 0.6) is 0 Å². The highest BCUT2D eigenvalue weighted by Crippen LogP contribution is 2.56. The monoisotopic (exact) mass is 877 g/mol. The van der Waals surface area contributed by atoms with E-state index in [0.29, 0.717) is 0 Å². The van der Waals surface area contributed by atoms with Crippen LogP contribution in [-0.2, 0) is 43.3 Å². The molecule has 0 atom stereocenters. The minimum Gasteiger partial charge on any atom is -0.311 e. The molecule has 0 N–H and O–H groups in total. The lowest BCUT2D eigenvalue weighted by Crippen LogP contribution is -2.62. The lowest BCUT2D eigenvalue weighted by Gasteiger charge is -2.49. The van der Waals surface area contributed by atoms with Gasteiger partial charge in [-0.1, -0.05) is 155 Å². The predicted molar refractivity (Wildman–Crippen MR) is 289 cm³/mol. The van der Waals surface area contributed by atoms with Crippen LogP contribution >= 0.6 is 0 Å². The van der Waals surface area contributed by atoms with E-state index in [2.05, 4.69) is 215 Å². The Morgan fingerprint density at radius 2 is 0.742 bits per heavy atom. The highest BCUT2D eigenvalue weighted by Gasteiger charge is 2.49. The largest absolute Gasteiger partial charge is 0.311 e. The fraction of sp³-hybridized carbons (Fsp3) is 0.524. The molecule has 3 heteroatoms. The van der Waals surface area contributed by atoms with Crippen LogP contribution in [0.4, 0.5) is 34.1 Å². The molecule has 5 aromatic carbocycles. The maximum absolute atomic E-state index is 2.77. The van der Waals surface area contributed by atoms with Crippen molar-refractivity contribution in [1.29, 1.82) is 0 Å². The van der Waals surface area contributed by atoms with Gasteiger partial charge in [0, 0.05) is 34.1 Å². The molecule has 5 aliphatic rings. The zero-order valence-electron chi connectivity index (χ0n) is 44.9. The Morgan fingerprint density at radius 1 is 0.379 bits per heavy atom. The molecular weight excluding hydrogens is 796 g/mol. The average Bonchev–Trinajstić information content (AvgIpc) is 3.38. The summed E-state index contributed by atoms with van der Waals surface area (Å²) in [6.07, 6.45) is 5.93. The third kappa shape index (κ3) is 6.61. The van der Waals surface area contributed by atoms with E-state index in [1.54, 1.807) is 0 Å². The van der Waals surface area contributed by atoms with Crippen LogP contribution in [0.3, 0.4) is 0 Å². The summed E-state index contributed by atoms with van der Waals surface area (Å²) in [6.45, 7) is 49.1. The number of hydrogen-bond donors (Lipinski definition) is 0. The highest BCUT2D eigenvalue weighted by molar-refractivity contribution is 7.00. The van der Waals surface area contributed by atoms with Crippen molar-refractivity contribution in [3.63, 3.8) is 0 Å². The van der Waals surface area contributed by atoms with Gasteiger partial charge in [0.15, 0.2) is 0 Å². The molecule has 0 spiro atoms. The molecule has 0 aromatic heterocycles. The quantitative estimate of drug-likeness (QED) is 0.160. The molecule has 0 amide bonds. The van der Waals surface area contributed by atoms with Gasteiger partial charge in [-0.15, -0.1) is 0 Å². The van der Waals surface area contributed by atoms with Crippen LogP contribution in [0.2, 0.25) is 0 Å². The number of hydrogen-bond acceptors (Lipinski definition) is 2. The summed E-state index contributed by atoms with van der Waals surface area (Å²) in [4.78, 5) is 5.51. The second-order valence-electron chi connectivity index (χ2n) is 28.1. The van der Waals surface area contributed by atoms with Gasteiger partial charge >= 0.3 is 0 Å². The summed E-state index contributed by atoms with van der Waals surface area (Å²) in [7, 11) is 0. The number of anilines is 6. The molecule has 0 radical (unpaired) electrons. The van der Waals surface area contributed by atoms with E-state index in [1.165, 1.54) is 132 Å². The first kappa shape index (κ1) is 45.5. The zero-order valence-corrected chi connectivity index (χ0v) is 44.9. The molecule has 2 heterocycles. The SMILES string of the molecule is Cc1cc2c(cc1N1c3ccc(C(C)(C)C)cc3B3c4cc5c(cc4N(c4cc6c(cc4C)C(C)(C)CC6(C)C)c4cc(C(C)(C)C)cc1c43)C(C)(C)CCC5(C)C)C(C)(C)CCC2(C)C. The van der Waals surface area contributed by atoms with Crippen LogP contribution in [0.1, 0.15) is 212 Å². The minimum atomic E-state index is -0.0905. The van der Waals surface area contributed by atoms with E-state index < -0.39 is 0 Å². The average molecular weight is 877 g/mol. The molecule has 0 unspecified atom stereocenters. The Bertz CT molecular complexity index is 2900. The molecule has 2 nitrogen and oxygen atoms in total. The van der Waals surface area contributed by atoms with Gasteiger partial charge in [-0.05, 0) is 198 Å². The molecular formula is C63H81BN2. The van der Waals surface area contributed by atoms with Crippen molar-refractivity contribution >= 4 is 57.2 Å². The van der Waals surface area contributed by atoms with E-state index in [4.69, 9.17) is 0 Å². The molecule has 66 heavy (non-hydrogen) atoms. The maximum atomic E-state index is 2.77. The van der Waals surface area contributed by atoms with Gasteiger partial charge < -0.3 is 9.80 Å². The summed E-state index contributed by atoms with van der Waals surface area (Å²) in [5.41, 5.74) is 27.4. The van der Waals surface area contributed by atoms with Gasteiger partial charge in [-0.2, -0.15) is 0 Å². The number of aryl methyl sites for hydroxylation is 2. The second kappa shape index (κ2) is 13.7. The van der Waals surface area contributed by atoms with E-state index in [9.17, 15) is 0 Å². The van der Waals surface area contributed by atoms with Gasteiger partial charge in [0.2, 0.25) is 0 Å². The molecule has 2 aliphatic heterocycles. The Hall–Kier alpha value is -4.24. The van der Waals surface area contributed by atoms with Crippen molar-refractivity contribution in [1.82, 2.24) is 0 Å². The van der Waals surface area contributed by atoms with Crippen molar-refractivity contribution in [3.05, 3.63) is 122 Å². The Kier molecular flexibility index (Phi) is 9.47. The summed E-state index contributed by atoms with van der Waals surface area (Å²) < 4.78 is 0. The third-order valence-corrected chi connectivity index (χ3v) is 18.1. The third-order valence-electron chi connectivity index (χ3n) is 18.1. The second-order valence-corrected chi connectivity index (χ2v) is 28.1.